The molecule has 4 bridgehead atoms. The topological polar surface area (TPSA) is 3.24 Å². The Balaban J connectivity index is 0.934. The van der Waals surface area contributed by atoms with E-state index in [0.29, 0.717) is 0 Å². The van der Waals surface area contributed by atoms with Crippen LogP contribution < -0.4 is 25.6 Å². The maximum Gasteiger partial charge on any atom is 0.179 e. The highest BCUT2D eigenvalue weighted by Gasteiger charge is 2.61. The van der Waals surface area contributed by atoms with Gasteiger partial charge in [0.1, 0.15) is 0 Å². The maximum atomic E-state index is 2.61. The Morgan fingerprint density at radius 2 is 0.767 bits per heavy atom. The number of rotatable bonds is 8. The van der Waals surface area contributed by atoms with Gasteiger partial charge in [0.15, 0.2) is 8.07 Å². The number of para-hydroxylation sites is 1. The van der Waals surface area contributed by atoms with E-state index in [9.17, 15) is 0 Å². The lowest BCUT2D eigenvalue weighted by molar-refractivity contribution is -0.0399. The molecule has 290 valence electrons. The van der Waals surface area contributed by atoms with Gasteiger partial charge in [0.2, 0.25) is 0 Å². The Hall–Kier alpha value is -6.22. The number of benzene rings is 8. The van der Waals surface area contributed by atoms with Gasteiger partial charge < -0.3 is 4.90 Å². The highest BCUT2D eigenvalue weighted by molar-refractivity contribution is 7.19. The van der Waals surface area contributed by atoms with Crippen LogP contribution in [0.1, 0.15) is 43.2 Å². The number of fused-ring (bicyclic) bond motifs is 3. The van der Waals surface area contributed by atoms with Gasteiger partial charge in [0, 0.05) is 22.5 Å². The Bertz CT molecular complexity index is 2670. The summed E-state index contributed by atoms with van der Waals surface area (Å²) in [4.78, 5) is 2.49. The van der Waals surface area contributed by atoms with E-state index in [1.165, 1.54) is 92.2 Å². The molecule has 0 radical (unpaired) electrons. The highest BCUT2D eigenvalue weighted by Crippen LogP contribution is 2.69. The second-order valence-electron chi connectivity index (χ2n) is 18.1. The van der Waals surface area contributed by atoms with E-state index in [2.05, 4.69) is 217 Å². The third-order valence-corrected chi connectivity index (χ3v) is 20.0. The Labute approximate surface area is 356 Å². The third kappa shape index (κ3) is 5.36. The maximum absolute atomic E-state index is 2.61. The van der Waals surface area contributed by atoms with Crippen molar-refractivity contribution in [3.8, 4) is 22.3 Å². The molecule has 1 spiro atoms. The fraction of sp³-hybridized carbons (Fsp3) is 0.172. The molecule has 0 aliphatic heterocycles. The van der Waals surface area contributed by atoms with E-state index >= 15 is 0 Å². The molecule has 4 fully saturated rings. The van der Waals surface area contributed by atoms with Gasteiger partial charge in [0.05, 0.1) is 0 Å². The molecule has 5 aliphatic rings. The molecule has 0 atom stereocenters. The normalized spacial score (nSPS) is 22.1. The van der Waals surface area contributed by atoms with E-state index < -0.39 is 8.07 Å². The lowest BCUT2D eigenvalue weighted by Gasteiger charge is -2.61. The molecule has 60 heavy (non-hydrogen) atoms. The molecule has 1 nitrogen and oxygen atoms in total. The van der Waals surface area contributed by atoms with Crippen LogP contribution in [0.4, 0.5) is 17.1 Å². The third-order valence-electron chi connectivity index (χ3n) is 15.2. The molecule has 2 heteroatoms. The first-order chi connectivity index (χ1) is 29.7. The molecule has 0 saturated heterocycles. The first kappa shape index (κ1) is 35.7. The fourth-order valence-corrected chi connectivity index (χ4v) is 17.8. The number of anilines is 3. The molecule has 5 aliphatic carbocycles. The molecular formula is C58H49NSi. The minimum Gasteiger partial charge on any atom is -0.310 e. The molecule has 8 aromatic rings. The summed E-state index contributed by atoms with van der Waals surface area (Å²) in [6.07, 6.45) is 7.04. The van der Waals surface area contributed by atoms with Crippen molar-refractivity contribution in [1.82, 2.24) is 0 Å². The van der Waals surface area contributed by atoms with Crippen molar-refractivity contribution in [1.29, 1.82) is 0 Å². The van der Waals surface area contributed by atoms with E-state index in [0.717, 1.165) is 23.7 Å². The smallest absolute Gasteiger partial charge is 0.179 e. The number of nitrogens with zero attached hydrogens (tertiary/aromatic N) is 1. The monoisotopic (exact) mass is 787 g/mol. The molecule has 0 heterocycles. The van der Waals surface area contributed by atoms with Crippen LogP contribution in [0.5, 0.6) is 0 Å². The van der Waals surface area contributed by atoms with Crippen LogP contribution in [-0.4, -0.2) is 8.07 Å². The lowest BCUT2D eigenvalue weighted by atomic mass is 9.43. The van der Waals surface area contributed by atoms with Gasteiger partial charge in [-0.1, -0.05) is 176 Å². The highest BCUT2D eigenvalue weighted by atomic mass is 28.3. The Morgan fingerprint density at radius 3 is 1.32 bits per heavy atom. The van der Waals surface area contributed by atoms with Crippen LogP contribution in [0.2, 0.25) is 0 Å². The molecule has 0 amide bonds. The summed E-state index contributed by atoms with van der Waals surface area (Å²) in [5, 5.41) is 5.57. The van der Waals surface area contributed by atoms with E-state index in [-0.39, 0.29) is 5.41 Å². The molecule has 13 rings (SSSR count). The van der Waals surface area contributed by atoms with Gasteiger partial charge in [-0.05, 0) is 146 Å². The van der Waals surface area contributed by atoms with Crippen molar-refractivity contribution in [2.45, 2.75) is 37.5 Å². The van der Waals surface area contributed by atoms with Crippen molar-refractivity contribution in [2.75, 3.05) is 4.90 Å². The average molecular weight is 788 g/mol. The van der Waals surface area contributed by atoms with Crippen molar-refractivity contribution in [3.05, 3.63) is 223 Å². The van der Waals surface area contributed by atoms with E-state index in [4.69, 9.17) is 0 Å². The van der Waals surface area contributed by atoms with Crippen LogP contribution in [0.15, 0.2) is 212 Å². The first-order valence-electron chi connectivity index (χ1n) is 22.2. The number of hydrogen-bond donors (Lipinski definition) is 0. The van der Waals surface area contributed by atoms with Crippen molar-refractivity contribution in [2.24, 2.45) is 23.7 Å². The Morgan fingerprint density at radius 1 is 0.350 bits per heavy atom. The summed E-state index contributed by atoms with van der Waals surface area (Å²) < 4.78 is 0. The SMILES string of the molecule is c1ccc(N(c2ccc(-c3ccc([Si](c4ccccc4)(c4ccccc4)c4ccccc4)cc3)cc2)c2ccc3c(c2)C2(c4ccccc4-3)C3CC4CC(C3)CC2C4)cc1. The van der Waals surface area contributed by atoms with E-state index in [1.807, 2.05) is 0 Å². The van der Waals surface area contributed by atoms with Crippen molar-refractivity contribution in [3.63, 3.8) is 0 Å². The molecule has 8 aromatic carbocycles. The summed E-state index contributed by atoms with van der Waals surface area (Å²) >= 11 is 0. The minimum absolute atomic E-state index is 0.135. The van der Waals surface area contributed by atoms with Gasteiger partial charge in [-0.25, -0.2) is 0 Å². The second-order valence-corrected chi connectivity index (χ2v) is 21.9. The van der Waals surface area contributed by atoms with Crippen LogP contribution in [0.3, 0.4) is 0 Å². The van der Waals surface area contributed by atoms with Gasteiger partial charge >= 0.3 is 0 Å². The van der Waals surface area contributed by atoms with Gasteiger partial charge in [-0.3, -0.25) is 0 Å². The summed E-state index contributed by atoms with van der Waals surface area (Å²) in [6.45, 7) is 0. The second kappa shape index (κ2) is 14.2. The van der Waals surface area contributed by atoms with Crippen LogP contribution in [0, 0.1) is 23.7 Å². The summed E-state index contributed by atoms with van der Waals surface area (Å²) in [7, 11) is -2.58. The van der Waals surface area contributed by atoms with Gasteiger partial charge in [0.25, 0.3) is 0 Å². The predicted molar refractivity (Wildman–Crippen MR) is 253 cm³/mol. The zero-order chi connectivity index (χ0) is 39.7. The molecule has 0 aromatic heterocycles. The molecule has 0 N–H and O–H groups in total. The zero-order valence-corrected chi connectivity index (χ0v) is 35.0. The van der Waals surface area contributed by atoms with Crippen LogP contribution in [-0.2, 0) is 5.41 Å². The van der Waals surface area contributed by atoms with Gasteiger partial charge in [-0.2, -0.15) is 0 Å². The quantitative estimate of drug-likeness (QED) is 0.110. The Kier molecular flexibility index (Phi) is 8.46. The summed E-state index contributed by atoms with van der Waals surface area (Å²) in [5.74, 6) is 3.33. The van der Waals surface area contributed by atoms with Crippen LogP contribution in [0.25, 0.3) is 22.3 Å². The first-order valence-corrected chi connectivity index (χ1v) is 24.2. The molecule has 0 unspecified atom stereocenters. The summed E-state index contributed by atoms with van der Waals surface area (Å²) in [6, 6.07) is 80.2. The van der Waals surface area contributed by atoms with Crippen molar-refractivity contribution >= 4 is 45.9 Å². The van der Waals surface area contributed by atoms with E-state index in [1.54, 1.807) is 11.1 Å². The lowest BCUT2D eigenvalue weighted by Crippen LogP contribution is -2.74. The predicted octanol–water partition coefficient (Wildman–Crippen LogP) is 11.9. The average Bonchev–Trinajstić information content (AvgIpc) is 3.60. The fourth-order valence-electron chi connectivity index (χ4n) is 13.1. The zero-order valence-electron chi connectivity index (χ0n) is 34.0. The van der Waals surface area contributed by atoms with Crippen molar-refractivity contribution < 1.29 is 0 Å². The standard InChI is InChI=1S/C58H49NSi/c1-5-15-47(16-6-1)59(49-31-34-55-54-23-13-14-24-56(54)58(57(55)40-49)45-36-41-35-42(38-45)39-46(58)37-41)48-29-25-43(26-30-48)44-27-32-53(33-28-44)60(50-17-7-2-8-18-50,51-19-9-3-10-20-51)52-21-11-4-12-22-52/h1-34,40-42,45-46H,35-39H2. The number of hydrogen-bond acceptors (Lipinski definition) is 1. The van der Waals surface area contributed by atoms with Gasteiger partial charge in [-0.15, -0.1) is 0 Å². The molecule has 4 saturated carbocycles. The largest absolute Gasteiger partial charge is 0.310 e. The summed E-state index contributed by atoms with van der Waals surface area (Å²) in [5.41, 5.74) is 12.4. The minimum atomic E-state index is -2.58. The molecular weight excluding hydrogens is 739 g/mol. The van der Waals surface area contributed by atoms with Crippen LogP contribution >= 0.6 is 0 Å².